The normalized spacial score (nSPS) is 14.3. The van der Waals surface area contributed by atoms with Crippen LogP contribution in [-0.2, 0) is 0 Å². The van der Waals surface area contributed by atoms with Gasteiger partial charge in [0.2, 0.25) is 11.5 Å². The topological polar surface area (TPSA) is 82.0 Å². The van der Waals surface area contributed by atoms with Crippen molar-refractivity contribution in [3.05, 3.63) is 53.7 Å². The fraction of sp³-hybridized carbons (Fsp3) is 0.348. The zero-order chi connectivity index (χ0) is 22.7. The van der Waals surface area contributed by atoms with Crippen LogP contribution < -0.4 is 19.1 Å². The smallest absolute Gasteiger partial charge is 0.217 e. The SMILES string of the molecule is COc1cc(C(=O)c2nn(-c3ccccc3)nc2N2CCN(C)CC2)cc(OC)c1OC. The summed E-state index contributed by atoms with van der Waals surface area (Å²) in [6, 6.07) is 12.8. The first-order valence-corrected chi connectivity index (χ1v) is 10.4. The Hall–Kier alpha value is -3.59. The van der Waals surface area contributed by atoms with Gasteiger partial charge in [0.25, 0.3) is 0 Å². The molecule has 0 aliphatic carbocycles. The van der Waals surface area contributed by atoms with Crippen molar-refractivity contribution in [3.8, 4) is 22.9 Å². The second-order valence-electron chi connectivity index (χ2n) is 7.53. The molecule has 32 heavy (non-hydrogen) atoms. The van der Waals surface area contributed by atoms with E-state index in [2.05, 4.69) is 21.9 Å². The molecule has 4 rings (SSSR count). The third-order valence-electron chi connectivity index (χ3n) is 5.53. The highest BCUT2D eigenvalue weighted by molar-refractivity contribution is 6.11. The molecule has 0 unspecified atom stereocenters. The number of aromatic nitrogens is 3. The van der Waals surface area contributed by atoms with Crippen molar-refractivity contribution in [2.45, 2.75) is 0 Å². The molecule has 0 amide bonds. The minimum absolute atomic E-state index is 0.264. The van der Waals surface area contributed by atoms with Gasteiger partial charge in [-0.15, -0.1) is 15.0 Å². The van der Waals surface area contributed by atoms with Gasteiger partial charge < -0.3 is 24.0 Å². The van der Waals surface area contributed by atoms with Gasteiger partial charge >= 0.3 is 0 Å². The predicted molar refractivity (Wildman–Crippen MR) is 121 cm³/mol. The Bertz CT molecular complexity index is 1070. The number of carbonyl (C=O) groups excluding carboxylic acids is 1. The van der Waals surface area contributed by atoms with Crippen LogP contribution in [-0.4, -0.2) is 80.2 Å². The Morgan fingerprint density at radius 1 is 0.875 bits per heavy atom. The molecule has 0 bridgehead atoms. The summed E-state index contributed by atoms with van der Waals surface area (Å²) in [7, 11) is 6.65. The molecule has 2 aromatic carbocycles. The van der Waals surface area contributed by atoms with E-state index < -0.39 is 0 Å². The minimum atomic E-state index is -0.264. The van der Waals surface area contributed by atoms with E-state index >= 15 is 0 Å². The van der Waals surface area contributed by atoms with Crippen LogP contribution >= 0.6 is 0 Å². The highest BCUT2D eigenvalue weighted by Gasteiger charge is 2.28. The molecule has 9 heteroatoms. The lowest BCUT2D eigenvalue weighted by atomic mass is 10.1. The van der Waals surface area contributed by atoms with Crippen molar-refractivity contribution in [2.24, 2.45) is 0 Å². The Kier molecular flexibility index (Phi) is 6.27. The molecule has 1 aliphatic rings. The summed E-state index contributed by atoms with van der Waals surface area (Å²) in [5.41, 5.74) is 1.45. The first-order chi connectivity index (χ1) is 15.5. The van der Waals surface area contributed by atoms with Crippen LogP contribution in [0.25, 0.3) is 5.69 Å². The maximum absolute atomic E-state index is 13.6. The van der Waals surface area contributed by atoms with Gasteiger partial charge in [-0.25, -0.2) is 0 Å². The fourth-order valence-electron chi connectivity index (χ4n) is 3.70. The summed E-state index contributed by atoms with van der Waals surface area (Å²) >= 11 is 0. The minimum Gasteiger partial charge on any atom is -0.493 e. The van der Waals surface area contributed by atoms with Crippen molar-refractivity contribution in [1.82, 2.24) is 19.9 Å². The summed E-state index contributed by atoms with van der Waals surface area (Å²) in [4.78, 5) is 19.5. The Labute approximate surface area is 187 Å². The van der Waals surface area contributed by atoms with E-state index in [0.29, 0.717) is 28.6 Å². The molecular weight excluding hydrogens is 410 g/mol. The molecule has 9 nitrogen and oxygen atoms in total. The summed E-state index contributed by atoms with van der Waals surface area (Å²) in [6.45, 7) is 3.30. The number of rotatable bonds is 7. The number of ketones is 1. The van der Waals surface area contributed by atoms with E-state index in [1.807, 2.05) is 30.3 Å². The molecule has 1 aromatic heterocycles. The maximum Gasteiger partial charge on any atom is 0.217 e. The molecule has 0 N–H and O–H groups in total. The van der Waals surface area contributed by atoms with Gasteiger partial charge in [-0.1, -0.05) is 18.2 Å². The molecule has 0 spiro atoms. The number of piperazine rings is 1. The third-order valence-corrected chi connectivity index (χ3v) is 5.53. The second-order valence-corrected chi connectivity index (χ2v) is 7.53. The van der Waals surface area contributed by atoms with Crippen LogP contribution in [0, 0.1) is 0 Å². The number of nitrogens with zero attached hydrogens (tertiary/aromatic N) is 5. The zero-order valence-corrected chi connectivity index (χ0v) is 18.7. The van der Waals surface area contributed by atoms with Crippen LogP contribution in [0.1, 0.15) is 16.1 Å². The third kappa shape index (κ3) is 4.11. The first-order valence-electron chi connectivity index (χ1n) is 10.4. The van der Waals surface area contributed by atoms with Crippen LogP contribution in [0.3, 0.4) is 0 Å². The number of hydrogen-bond donors (Lipinski definition) is 0. The molecule has 3 aromatic rings. The molecular formula is C23H27N5O4. The molecule has 1 aliphatic heterocycles. The first kappa shape index (κ1) is 21.6. The van der Waals surface area contributed by atoms with Gasteiger partial charge in [-0.05, 0) is 31.3 Å². The van der Waals surface area contributed by atoms with Crippen LogP contribution in [0.2, 0.25) is 0 Å². The zero-order valence-electron chi connectivity index (χ0n) is 18.7. The summed E-state index contributed by atoms with van der Waals surface area (Å²) in [6.07, 6.45) is 0. The molecule has 1 fully saturated rings. The highest BCUT2D eigenvalue weighted by Crippen LogP contribution is 2.39. The Morgan fingerprint density at radius 2 is 1.50 bits per heavy atom. The Balaban J connectivity index is 1.79. The van der Waals surface area contributed by atoms with E-state index in [4.69, 9.17) is 19.3 Å². The largest absolute Gasteiger partial charge is 0.493 e. The van der Waals surface area contributed by atoms with E-state index in [1.54, 1.807) is 12.1 Å². The van der Waals surface area contributed by atoms with E-state index in [9.17, 15) is 4.79 Å². The number of benzene rings is 2. The molecule has 0 saturated carbocycles. The number of likely N-dealkylation sites (N-methyl/N-ethyl adjacent to an activating group) is 1. The summed E-state index contributed by atoms with van der Waals surface area (Å²) in [5, 5.41) is 9.29. The van der Waals surface area contributed by atoms with Gasteiger partial charge in [-0.2, -0.15) is 0 Å². The lowest BCUT2D eigenvalue weighted by Gasteiger charge is -2.32. The number of carbonyl (C=O) groups is 1. The number of ether oxygens (including phenoxy) is 3. The van der Waals surface area contributed by atoms with Crippen molar-refractivity contribution in [1.29, 1.82) is 0 Å². The molecule has 2 heterocycles. The quantitative estimate of drug-likeness (QED) is 0.521. The van der Waals surface area contributed by atoms with Crippen LogP contribution in [0.4, 0.5) is 5.82 Å². The average molecular weight is 438 g/mol. The van der Waals surface area contributed by atoms with Crippen molar-refractivity contribution in [2.75, 3.05) is 59.5 Å². The lowest BCUT2D eigenvalue weighted by molar-refractivity contribution is 0.103. The van der Waals surface area contributed by atoms with Gasteiger partial charge in [0, 0.05) is 31.7 Å². The van der Waals surface area contributed by atoms with Crippen molar-refractivity contribution >= 4 is 11.6 Å². The van der Waals surface area contributed by atoms with Crippen molar-refractivity contribution in [3.63, 3.8) is 0 Å². The second kappa shape index (κ2) is 9.27. The standard InChI is InChI=1S/C23H27N5O4/c1-26-10-12-27(13-11-26)23-20(24-28(25-23)17-8-6-5-7-9-17)21(29)16-14-18(30-2)22(32-4)19(15-16)31-3/h5-9,14-15H,10-13H2,1-4H3. The number of hydrogen-bond acceptors (Lipinski definition) is 8. The maximum atomic E-state index is 13.6. The van der Waals surface area contributed by atoms with Crippen LogP contribution in [0.15, 0.2) is 42.5 Å². The molecule has 1 saturated heterocycles. The summed E-state index contributed by atoms with van der Waals surface area (Å²) < 4.78 is 16.2. The predicted octanol–water partition coefficient (Wildman–Crippen LogP) is 2.28. The Morgan fingerprint density at radius 3 is 2.06 bits per heavy atom. The van der Waals surface area contributed by atoms with Gasteiger partial charge in [0.1, 0.15) is 0 Å². The number of anilines is 1. The van der Waals surface area contributed by atoms with E-state index in [1.165, 1.54) is 26.1 Å². The lowest BCUT2D eigenvalue weighted by Crippen LogP contribution is -2.45. The van der Waals surface area contributed by atoms with Crippen molar-refractivity contribution < 1.29 is 19.0 Å². The fourth-order valence-corrected chi connectivity index (χ4v) is 3.70. The average Bonchev–Trinajstić information content (AvgIpc) is 3.29. The monoisotopic (exact) mass is 437 g/mol. The molecule has 168 valence electrons. The molecule has 0 radical (unpaired) electrons. The highest BCUT2D eigenvalue weighted by atomic mass is 16.5. The summed E-state index contributed by atoms with van der Waals surface area (Å²) in [5.74, 6) is 1.55. The number of methoxy groups -OCH3 is 3. The van der Waals surface area contributed by atoms with E-state index in [0.717, 1.165) is 31.9 Å². The molecule has 0 atom stereocenters. The van der Waals surface area contributed by atoms with Gasteiger partial charge in [0.05, 0.1) is 27.0 Å². The van der Waals surface area contributed by atoms with Gasteiger partial charge in [0.15, 0.2) is 23.0 Å². The van der Waals surface area contributed by atoms with Gasteiger partial charge in [-0.3, -0.25) is 4.79 Å². The van der Waals surface area contributed by atoms with E-state index in [-0.39, 0.29) is 11.5 Å². The number of para-hydroxylation sites is 1. The van der Waals surface area contributed by atoms with Crippen LogP contribution in [0.5, 0.6) is 17.2 Å².